The largest absolute Gasteiger partial charge is 0.480 e. The van der Waals surface area contributed by atoms with Crippen molar-refractivity contribution in [3.05, 3.63) is 0 Å². The Morgan fingerprint density at radius 2 is 1.93 bits per heavy atom. The van der Waals surface area contributed by atoms with Crippen molar-refractivity contribution in [3.63, 3.8) is 0 Å². The van der Waals surface area contributed by atoms with Crippen LogP contribution in [-0.2, 0) is 9.59 Å². The molecule has 7 nitrogen and oxygen atoms in total. The van der Waals surface area contributed by atoms with Crippen molar-refractivity contribution in [1.82, 2.24) is 10.6 Å². The Hall–Kier alpha value is -1.79. The van der Waals surface area contributed by atoms with E-state index in [4.69, 9.17) is 10.8 Å². The third-order valence-corrected chi connectivity index (χ3v) is 1.99. The first-order valence-electron chi connectivity index (χ1n) is 4.39. The number of urea groups is 1. The molecule has 0 aliphatic rings. The molecule has 0 aromatic heterocycles. The summed E-state index contributed by atoms with van der Waals surface area (Å²) in [4.78, 5) is 32.3. The first kappa shape index (κ1) is 13.2. The molecule has 0 bridgehead atoms. The first-order chi connectivity index (χ1) is 6.81. The number of aliphatic carboxylic acids is 1. The molecule has 1 atom stereocenters. The van der Waals surface area contributed by atoms with Gasteiger partial charge in [0.25, 0.3) is 0 Å². The molecule has 0 saturated heterocycles. The average molecular weight is 217 g/mol. The molecule has 3 amide bonds. The topological polar surface area (TPSA) is 122 Å². The lowest BCUT2D eigenvalue weighted by Crippen LogP contribution is -2.55. The molecule has 0 aliphatic carbocycles. The normalized spacial score (nSPS) is 13.7. The molecular formula is C8H15N3O4. The van der Waals surface area contributed by atoms with Gasteiger partial charge in [-0.3, -0.25) is 4.79 Å². The van der Waals surface area contributed by atoms with Crippen molar-refractivity contribution in [2.75, 3.05) is 6.54 Å². The van der Waals surface area contributed by atoms with Crippen molar-refractivity contribution in [2.45, 2.75) is 25.8 Å². The fraction of sp³-hybridized carbons (Fsp3) is 0.625. The van der Waals surface area contributed by atoms with E-state index in [9.17, 15) is 14.4 Å². The van der Waals surface area contributed by atoms with Gasteiger partial charge in [-0.1, -0.05) is 6.92 Å². The molecule has 7 heteroatoms. The Kier molecular flexibility index (Phi) is 4.56. The van der Waals surface area contributed by atoms with Crippen molar-refractivity contribution in [2.24, 2.45) is 5.73 Å². The summed E-state index contributed by atoms with van der Waals surface area (Å²) in [5, 5.41) is 13.2. The van der Waals surface area contributed by atoms with Gasteiger partial charge in [-0.15, -0.1) is 0 Å². The molecule has 0 rings (SSSR count). The number of amides is 3. The van der Waals surface area contributed by atoms with Crippen LogP contribution < -0.4 is 16.4 Å². The Morgan fingerprint density at radius 3 is 2.27 bits per heavy atom. The molecule has 0 fully saturated rings. The second-order valence-electron chi connectivity index (χ2n) is 3.26. The van der Waals surface area contributed by atoms with Crippen LogP contribution in [-0.4, -0.2) is 35.1 Å². The Balaban J connectivity index is 4.25. The number of carboxylic acid groups (broad SMARTS) is 1. The van der Waals surface area contributed by atoms with Gasteiger partial charge in [0.15, 0.2) is 0 Å². The molecule has 0 aromatic carbocycles. The number of carboxylic acids is 1. The van der Waals surface area contributed by atoms with Gasteiger partial charge in [-0.2, -0.15) is 0 Å². The number of hydrogen-bond acceptors (Lipinski definition) is 3. The monoisotopic (exact) mass is 217 g/mol. The zero-order valence-corrected chi connectivity index (χ0v) is 8.66. The van der Waals surface area contributed by atoms with Gasteiger partial charge in [0.05, 0.1) is 6.54 Å². The maximum absolute atomic E-state index is 11.1. The molecule has 0 aliphatic heterocycles. The van der Waals surface area contributed by atoms with Gasteiger partial charge in [0.1, 0.15) is 5.54 Å². The number of nitrogens with two attached hydrogens (primary N) is 1. The Morgan fingerprint density at radius 1 is 1.40 bits per heavy atom. The van der Waals surface area contributed by atoms with Crippen molar-refractivity contribution >= 4 is 17.9 Å². The SMILES string of the molecule is CCC(C)(NC(=O)NCC(N)=O)C(=O)O. The molecule has 0 spiro atoms. The third kappa shape index (κ3) is 4.30. The first-order valence-corrected chi connectivity index (χ1v) is 4.39. The van der Waals surface area contributed by atoms with E-state index in [1.54, 1.807) is 6.92 Å². The van der Waals surface area contributed by atoms with Crippen LogP contribution >= 0.6 is 0 Å². The van der Waals surface area contributed by atoms with Crippen molar-refractivity contribution in [3.8, 4) is 0 Å². The zero-order chi connectivity index (χ0) is 12.1. The van der Waals surface area contributed by atoms with E-state index < -0.39 is 23.4 Å². The minimum atomic E-state index is -1.35. The maximum Gasteiger partial charge on any atom is 0.329 e. The smallest absolute Gasteiger partial charge is 0.329 e. The number of hydrogen-bond donors (Lipinski definition) is 4. The summed E-state index contributed by atoms with van der Waals surface area (Å²) in [6.45, 7) is 2.67. The zero-order valence-electron chi connectivity index (χ0n) is 8.66. The molecule has 15 heavy (non-hydrogen) atoms. The summed E-state index contributed by atoms with van der Waals surface area (Å²) < 4.78 is 0. The highest BCUT2D eigenvalue weighted by Gasteiger charge is 2.32. The van der Waals surface area contributed by atoms with Crippen LogP contribution in [0.1, 0.15) is 20.3 Å². The number of nitrogens with one attached hydrogen (secondary N) is 2. The predicted octanol–water partition coefficient (Wildman–Crippen LogP) is -0.976. The van der Waals surface area contributed by atoms with Crippen LogP contribution in [0, 0.1) is 0 Å². The van der Waals surface area contributed by atoms with E-state index in [1.807, 2.05) is 0 Å². The number of rotatable bonds is 5. The lowest BCUT2D eigenvalue weighted by Gasteiger charge is -2.24. The fourth-order valence-corrected chi connectivity index (χ4v) is 0.755. The van der Waals surface area contributed by atoms with Crippen LogP contribution in [0.3, 0.4) is 0 Å². The molecule has 5 N–H and O–H groups in total. The van der Waals surface area contributed by atoms with E-state index >= 15 is 0 Å². The molecular weight excluding hydrogens is 202 g/mol. The number of primary amides is 1. The highest BCUT2D eigenvalue weighted by Crippen LogP contribution is 2.08. The van der Waals surface area contributed by atoms with Crippen LogP contribution in [0.2, 0.25) is 0 Å². The fourth-order valence-electron chi connectivity index (χ4n) is 0.755. The van der Waals surface area contributed by atoms with Gasteiger partial charge in [-0.25, -0.2) is 9.59 Å². The summed E-state index contributed by atoms with van der Waals surface area (Å²) in [5.74, 6) is -1.84. The summed E-state index contributed by atoms with van der Waals surface area (Å²) in [6.07, 6.45) is 0.228. The quantitative estimate of drug-likeness (QED) is 0.473. The summed E-state index contributed by atoms with van der Waals surface area (Å²) in [6, 6.07) is -0.736. The molecule has 0 heterocycles. The van der Waals surface area contributed by atoms with E-state index in [2.05, 4.69) is 10.6 Å². The molecule has 1 unspecified atom stereocenters. The van der Waals surface area contributed by atoms with Crippen LogP contribution in [0.15, 0.2) is 0 Å². The highest BCUT2D eigenvalue weighted by molar-refractivity contribution is 5.87. The Labute approximate surface area is 87.0 Å². The Bertz CT molecular complexity index is 279. The minimum Gasteiger partial charge on any atom is -0.480 e. The standard InChI is InChI=1S/C8H15N3O4/c1-3-8(2,6(13)14)11-7(15)10-4-5(9)12/h3-4H2,1-2H3,(H2,9,12)(H,13,14)(H2,10,11,15). The number of carbonyl (C=O) groups is 3. The van der Waals surface area contributed by atoms with Gasteiger partial charge < -0.3 is 21.5 Å². The van der Waals surface area contributed by atoms with E-state index in [-0.39, 0.29) is 13.0 Å². The van der Waals surface area contributed by atoms with E-state index in [0.29, 0.717) is 0 Å². The third-order valence-electron chi connectivity index (χ3n) is 1.99. The molecule has 0 saturated carbocycles. The maximum atomic E-state index is 11.1. The van der Waals surface area contributed by atoms with E-state index in [1.165, 1.54) is 6.92 Å². The second kappa shape index (κ2) is 5.18. The van der Waals surface area contributed by atoms with Crippen LogP contribution in [0.25, 0.3) is 0 Å². The predicted molar refractivity (Wildman–Crippen MR) is 52.1 cm³/mol. The number of carbonyl (C=O) groups excluding carboxylic acids is 2. The van der Waals surface area contributed by atoms with Crippen molar-refractivity contribution in [1.29, 1.82) is 0 Å². The van der Waals surface area contributed by atoms with Crippen molar-refractivity contribution < 1.29 is 19.5 Å². The van der Waals surface area contributed by atoms with Crippen LogP contribution in [0.4, 0.5) is 4.79 Å². The summed E-state index contributed by atoms with van der Waals surface area (Å²) in [7, 11) is 0. The highest BCUT2D eigenvalue weighted by atomic mass is 16.4. The average Bonchev–Trinajstić information content (AvgIpc) is 2.14. The molecule has 0 radical (unpaired) electrons. The minimum absolute atomic E-state index is 0.228. The lowest BCUT2D eigenvalue weighted by atomic mass is 10.00. The van der Waals surface area contributed by atoms with Gasteiger partial charge in [0.2, 0.25) is 5.91 Å². The van der Waals surface area contributed by atoms with Gasteiger partial charge in [0, 0.05) is 0 Å². The van der Waals surface area contributed by atoms with E-state index in [0.717, 1.165) is 0 Å². The lowest BCUT2D eigenvalue weighted by molar-refractivity contribution is -0.143. The second-order valence-corrected chi connectivity index (χ2v) is 3.26. The summed E-state index contributed by atoms with van der Waals surface area (Å²) >= 11 is 0. The molecule has 86 valence electrons. The van der Waals surface area contributed by atoms with Crippen LogP contribution in [0.5, 0.6) is 0 Å². The molecule has 0 aromatic rings. The summed E-state index contributed by atoms with van der Waals surface area (Å²) in [5.41, 5.74) is 3.45. The van der Waals surface area contributed by atoms with Gasteiger partial charge in [-0.05, 0) is 13.3 Å². The van der Waals surface area contributed by atoms with Gasteiger partial charge >= 0.3 is 12.0 Å².